The highest BCUT2D eigenvalue weighted by Crippen LogP contribution is 2.33. The van der Waals surface area contributed by atoms with Crippen LogP contribution in [-0.2, 0) is 38.8 Å². The van der Waals surface area contributed by atoms with Crippen LogP contribution in [0.3, 0.4) is 0 Å². The summed E-state index contributed by atoms with van der Waals surface area (Å²) in [6, 6.07) is 26.5. The smallest absolute Gasteiger partial charge is 0.354 e. The first kappa shape index (κ1) is 35.2. The number of amides is 2. The molecule has 0 heterocycles. The van der Waals surface area contributed by atoms with Crippen molar-refractivity contribution in [2.45, 2.75) is 56.8 Å². The van der Waals surface area contributed by atoms with Crippen LogP contribution in [0.4, 0.5) is 18.9 Å². The Balaban J connectivity index is 1.82. The molecule has 248 valence electrons. The molecule has 0 aliphatic heterocycles. The van der Waals surface area contributed by atoms with E-state index in [0.717, 1.165) is 29.7 Å². The SMILES string of the molecule is CCCCNC(=O)[C@H](Cc1ccccc1)N(Cc1cccc(C)c1)C(=O)CN(c1cccc(C(F)(F)F)c1)S(=O)(=O)c1ccccc1. The van der Waals surface area contributed by atoms with E-state index in [-0.39, 0.29) is 23.5 Å². The minimum Gasteiger partial charge on any atom is -0.354 e. The largest absolute Gasteiger partial charge is 0.416 e. The third-order valence-corrected chi connectivity index (χ3v) is 9.40. The summed E-state index contributed by atoms with van der Waals surface area (Å²) in [4.78, 5) is 29.4. The van der Waals surface area contributed by atoms with E-state index in [1.807, 2.05) is 62.4 Å². The number of alkyl halides is 3. The minimum atomic E-state index is -4.75. The van der Waals surface area contributed by atoms with Crippen molar-refractivity contribution in [2.75, 3.05) is 17.4 Å². The third kappa shape index (κ3) is 9.45. The van der Waals surface area contributed by atoms with Gasteiger partial charge in [-0.15, -0.1) is 0 Å². The summed E-state index contributed by atoms with van der Waals surface area (Å²) >= 11 is 0. The zero-order valence-corrected chi connectivity index (χ0v) is 27.1. The first-order valence-electron chi connectivity index (χ1n) is 15.3. The molecule has 0 aliphatic carbocycles. The lowest BCUT2D eigenvalue weighted by Gasteiger charge is -2.34. The molecule has 0 aromatic heterocycles. The number of hydrogen-bond donors (Lipinski definition) is 1. The summed E-state index contributed by atoms with van der Waals surface area (Å²) in [5, 5.41) is 2.91. The van der Waals surface area contributed by atoms with Gasteiger partial charge in [-0.25, -0.2) is 8.42 Å². The molecule has 0 saturated carbocycles. The molecule has 0 unspecified atom stereocenters. The molecule has 0 saturated heterocycles. The van der Waals surface area contributed by atoms with Gasteiger partial charge in [-0.3, -0.25) is 13.9 Å². The van der Waals surface area contributed by atoms with Crippen molar-refractivity contribution in [3.63, 3.8) is 0 Å². The summed E-state index contributed by atoms with van der Waals surface area (Å²) in [5.41, 5.74) is 0.995. The Hall–Kier alpha value is -4.64. The Morgan fingerprint density at radius 1 is 0.830 bits per heavy atom. The fourth-order valence-corrected chi connectivity index (χ4v) is 6.58. The number of unbranched alkanes of at least 4 members (excludes halogenated alkanes) is 1. The first-order chi connectivity index (χ1) is 22.4. The molecular formula is C36H38F3N3O4S. The number of halogens is 3. The van der Waals surface area contributed by atoms with Gasteiger partial charge in [0.1, 0.15) is 12.6 Å². The van der Waals surface area contributed by atoms with Crippen molar-refractivity contribution in [3.05, 3.63) is 131 Å². The number of nitrogens with zero attached hydrogens (tertiary/aromatic N) is 2. The van der Waals surface area contributed by atoms with Gasteiger partial charge in [-0.2, -0.15) is 13.2 Å². The van der Waals surface area contributed by atoms with Crippen LogP contribution < -0.4 is 9.62 Å². The lowest BCUT2D eigenvalue weighted by molar-refractivity contribution is -0.140. The monoisotopic (exact) mass is 665 g/mol. The van der Waals surface area contributed by atoms with Crippen LogP contribution in [0.1, 0.15) is 42.0 Å². The van der Waals surface area contributed by atoms with E-state index in [4.69, 9.17) is 0 Å². The summed E-state index contributed by atoms with van der Waals surface area (Å²) in [6.07, 6.45) is -3.07. The molecule has 4 aromatic carbocycles. The van der Waals surface area contributed by atoms with Gasteiger partial charge in [0.15, 0.2) is 0 Å². The van der Waals surface area contributed by atoms with Gasteiger partial charge < -0.3 is 10.2 Å². The fraction of sp³-hybridized carbons (Fsp3) is 0.278. The minimum absolute atomic E-state index is 0.0406. The Bertz CT molecular complexity index is 1750. The van der Waals surface area contributed by atoms with E-state index in [2.05, 4.69) is 5.32 Å². The van der Waals surface area contributed by atoms with Gasteiger partial charge in [0.25, 0.3) is 10.0 Å². The number of carbonyl (C=O) groups is 2. The second kappa shape index (κ2) is 15.8. The number of anilines is 1. The highest BCUT2D eigenvalue weighted by atomic mass is 32.2. The molecule has 2 amide bonds. The molecule has 0 bridgehead atoms. The normalized spacial score (nSPS) is 12.3. The van der Waals surface area contributed by atoms with Crippen molar-refractivity contribution in [2.24, 2.45) is 0 Å². The average Bonchev–Trinajstić information content (AvgIpc) is 3.05. The molecule has 0 radical (unpaired) electrons. The fourth-order valence-electron chi connectivity index (χ4n) is 5.15. The van der Waals surface area contributed by atoms with Crippen molar-refractivity contribution in [3.8, 4) is 0 Å². The molecule has 47 heavy (non-hydrogen) atoms. The van der Waals surface area contributed by atoms with E-state index < -0.39 is 46.2 Å². The molecule has 0 fully saturated rings. The van der Waals surface area contributed by atoms with Gasteiger partial charge in [-0.1, -0.05) is 97.8 Å². The van der Waals surface area contributed by atoms with Gasteiger partial charge in [-0.05, 0) is 54.8 Å². The van der Waals surface area contributed by atoms with Gasteiger partial charge in [0.05, 0.1) is 16.1 Å². The molecule has 0 spiro atoms. The Morgan fingerprint density at radius 2 is 1.47 bits per heavy atom. The van der Waals surface area contributed by atoms with Crippen LogP contribution in [0.15, 0.2) is 114 Å². The van der Waals surface area contributed by atoms with Crippen LogP contribution in [0, 0.1) is 6.92 Å². The van der Waals surface area contributed by atoms with Crippen molar-refractivity contribution < 1.29 is 31.2 Å². The molecule has 4 aromatic rings. The second-order valence-electron chi connectivity index (χ2n) is 11.2. The first-order valence-corrected chi connectivity index (χ1v) is 16.8. The van der Waals surface area contributed by atoms with E-state index in [1.54, 1.807) is 12.1 Å². The van der Waals surface area contributed by atoms with Gasteiger partial charge in [0, 0.05) is 19.5 Å². The Kier molecular flexibility index (Phi) is 11.8. The molecule has 1 N–H and O–H groups in total. The zero-order valence-electron chi connectivity index (χ0n) is 26.3. The lowest BCUT2D eigenvalue weighted by Crippen LogP contribution is -2.53. The van der Waals surface area contributed by atoms with Gasteiger partial charge >= 0.3 is 6.18 Å². The summed E-state index contributed by atoms with van der Waals surface area (Å²) in [7, 11) is -4.53. The molecule has 11 heteroatoms. The number of carbonyl (C=O) groups excluding carboxylic acids is 2. The van der Waals surface area contributed by atoms with Crippen molar-refractivity contribution in [1.29, 1.82) is 0 Å². The summed E-state index contributed by atoms with van der Waals surface area (Å²) in [5.74, 6) is -1.17. The number of rotatable bonds is 14. The zero-order chi connectivity index (χ0) is 34.0. The van der Waals surface area contributed by atoms with Crippen LogP contribution >= 0.6 is 0 Å². The van der Waals surface area contributed by atoms with Crippen LogP contribution in [-0.4, -0.2) is 44.3 Å². The maximum atomic E-state index is 14.5. The van der Waals surface area contributed by atoms with Crippen LogP contribution in [0.25, 0.3) is 0 Å². The number of hydrogen-bond acceptors (Lipinski definition) is 4. The molecule has 1 atom stereocenters. The predicted molar refractivity (Wildman–Crippen MR) is 176 cm³/mol. The summed E-state index contributed by atoms with van der Waals surface area (Å²) < 4.78 is 70.0. The molecular weight excluding hydrogens is 627 g/mol. The van der Waals surface area contributed by atoms with Gasteiger partial charge in [0.2, 0.25) is 11.8 Å². The second-order valence-corrected chi connectivity index (χ2v) is 13.1. The topological polar surface area (TPSA) is 86.8 Å². The van der Waals surface area contributed by atoms with E-state index in [1.165, 1.54) is 35.2 Å². The molecule has 0 aliphatic rings. The molecule has 7 nitrogen and oxygen atoms in total. The number of nitrogens with one attached hydrogen (secondary N) is 1. The average molecular weight is 666 g/mol. The summed E-state index contributed by atoms with van der Waals surface area (Å²) in [6.45, 7) is 3.36. The third-order valence-electron chi connectivity index (χ3n) is 7.61. The highest BCUT2D eigenvalue weighted by Gasteiger charge is 2.36. The number of sulfonamides is 1. The highest BCUT2D eigenvalue weighted by molar-refractivity contribution is 7.92. The maximum Gasteiger partial charge on any atom is 0.416 e. The lowest BCUT2D eigenvalue weighted by atomic mass is 10.0. The Labute approximate surface area is 274 Å². The molecule has 4 rings (SSSR count). The van der Waals surface area contributed by atoms with E-state index in [9.17, 15) is 31.2 Å². The van der Waals surface area contributed by atoms with E-state index >= 15 is 0 Å². The maximum absolute atomic E-state index is 14.5. The van der Waals surface area contributed by atoms with E-state index in [0.29, 0.717) is 28.9 Å². The van der Waals surface area contributed by atoms with Crippen molar-refractivity contribution in [1.82, 2.24) is 10.2 Å². The Morgan fingerprint density at radius 3 is 2.11 bits per heavy atom. The van der Waals surface area contributed by atoms with Crippen LogP contribution in [0.2, 0.25) is 0 Å². The number of benzene rings is 4. The predicted octanol–water partition coefficient (Wildman–Crippen LogP) is 6.77. The number of aryl methyl sites for hydroxylation is 1. The standard InChI is InChI=1S/C36H38F3N3O4S/c1-3-4-21-40-35(44)33(23-28-14-7-5-8-15-28)41(25-29-16-11-13-27(2)22-29)34(43)26-42(47(45,46)32-19-9-6-10-20-32)31-18-12-17-30(24-31)36(37,38)39/h5-20,22,24,33H,3-4,21,23,25-26H2,1-2H3,(H,40,44)/t33-/m0/s1. The van der Waals surface area contributed by atoms with Crippen molar-refractivity contribution >= 4 is 27.5 Å². The quantitative estimate of drug-likeness (QED) is 0.151. The van der Waals surface area contributed by atoms with Crippen LogP contribution in [0.5, 0.6) is 0 Å².